The van der Waals surface area contributed by atoms with E-state index in [-0.39, 0.29) is 0 Å². The number of ether oxygens (including phenoxy) is 1. The SMILES string of the molecule is CCn1cc(CCCOC)c2cc(C(C)NC3CC3)ncc21. The van der Waals surface area contributed by atoms with Gasteiger partial charge in [-0.3, -0.25) is 4.98 Å². The fraction of sp³-hybridized carbons (Fsp3) is 0.611. The highest BCUT2D eigenvalue weighted by molar-refractivity contribution is 5.83. The van der Waals surface area contributed by atoms with Gasteiger partial charge in [-0.25, -0.2) is 0 Å². The second kappa shape index (κ2) is 6.80. The van der Waals surface area contributed by atoms with Crippen molar-refractivity contribution in [2.75, 3.05) is 13.7 Å². The van der Waals surface area contributed by atoms with Gasteiger partial charge in [-0.2, -0.15) is 0 Å². The molecule has 3 rings (SSSR count). The second-order valence-corrected chi connectivity index (χ2v) is 6.33. The first-order valence-corrected chi connectivity index (χ1v) is 8.45. The summed E-state index contributed by atoms with van der Waals surface area (Å²) in [5.74, 6) is 0. The van der Waals surface area contributed by atoms with E-state index in [2.05, 4.69) is 36.0 Å². The minimum Gasteiger partial charge on any atom is -0.385 e. The summed E-state index contributed by atoms with van der Waals surface area (Å²) >= 11 is 0. The Hall–Kier alpha value is -1.39. The Morgan fingerprint density at radius 3 is 2.95 bits per heavy atom. The minimum atomic E-state index is 0.328. The average molecular weight is 301 g/mol. The molecular formula is C18H27N3O. The monoisotopic (exact) mass is 301 g/mol. The molecular weight excluding hydrogens is 274 g/mol. The van der Waals surface area contributed by atoms with Crippen molar-refractivity contribution in [1.29, 1.82) is 0 Å². The zero-order chi connectivity index (χ0) is 15.5. The molecule has 4 heteroatoms. The van der Waals surface area contributed by atoms with Crippen LogP contribution in [0.15, 0.2) is 18.5 Å². The van der Waals surface area contributed by atoms with Gasteiger partial charge in [-0.05, 0) is 51.2 Å². The number of fused-ring (bicyclic) bond motifs is 1. The third-order valence-corrected chi connectivity index (χ3v) is 4.51. The highest BCUT2D eigenvalue weighted by Crippen LogP contribution is 2.27. The standard InChI is InChI=1S/C18H27N3O/c1-4-21-12-14(6-5-9-22-3)16-10-17(19-11-18(16)21)13(2)20-15-7-8-15/h10-13,15,20H,4-9H2,1-3H3. The van der Waals surface area contributed by atoms with Gasteiger partial charge >= 0.3 is 0 Å². The highest BCUT2D eigenvalue weighted by atomic mass is 16.5. The summed E-state index contributed by atoms with van der Waals surface area (Å²) in [6.45, 7) is 6.20. The molecule has 0 bridgehead atoms. The number of nitrogens with one attached hydrogen (secondary N) is 1. The summed E-state index contributed by atoms with van der Waals surface area (Å²) in [4.78, 5) is 4.70. The van der Waals surface area contributed by atoms with E-state index in [1.54, 1.807) is 7.11 Å². The lowest BCUT2D eigenvalue weighted by Crippen LogP contribution is -2.21. The van der Waals surface area contributed by atoms with Crippen LogP contribution in [0.5, 0.6) is 0 Å². The lowest BCUT2D eigenvalue weighted by atomic mass is 10.1. The first kappa shape index (κ1) is 15.5. The molecule has 2 heterocycles. The van der Waals surface area contributed by atoms with E-state index < -0.39 is 0 Å². The smallest absolute Gasteiger partial charge is 0.0669 e. The van der Waals surface area contributed by atoms with Gasteiger partial charge in [-0.1, -0.05) is 0 Å². The number of aryl methyl sites for hydroxylation is 2. The molecule has 120 valence electrons. The molecule has 4 nitrogen and oxygen atoms in total. The zero-order valence-corrected chi connectivity index (χ0v) is 13.9. The van der Waals surface area contributed by atoms with E-state index in [1.807, 2.05) is 6.20 Å². The fourth-order valence-electron chi connectivity index (χ4n) is 3.07. The molecule has 1 fully saturated rings. The van der Waals surface area contributed by atoms with E-state index in [4.69, 9.17) is 9.72 Å². The van der Waals surface area contributed by atoms with Crippen molar-refractivity contribution in [3.63, 3.8) is 0 Å². The quantitative estimate of drug-likeness (QED) is 0.759. The Labute approximate surface area is 132 Å². The predicted molar refractivity (Wildman–Crippen MR) is 90.2 cm³/mol. The molecule has 1 N–H and O–H groups in total. The van der Waals surface area contributed by atoms with Crippen molar-refractivity contribution in [2.45, 2.75) is 58.2 Å². The van der Waals surface area contributed by atoms with Crippen molar-refractivity contribution in [2.24, 2.45) is 0 Å². The summed E-state index contributed by atoms with van der Waals surface area (Å²) in [5, 5.41) is 4.99. The predicted octanol–water partition coefficient (Wildman–Crippen LogP) is 3.45. The van der Waals surface area contributed by atoms with Gasteiger partial charge in [0.2, 0.25) is 0 Å². The van der Waals surface area contributed by atoms with Gasteiger partial charge in [-0.15, -0.1) is 0 Å². The minimum absolute atomic E-state index is 0.328. The maximum atomic E-state index is 5.19. The molecule has 1 unspecified atom stereocenters. The first-order chi connectivity index (χ1) is 10.7. The van der Waals surface area contributed by atoms with Gasteiger partial charge in [0, 0.05) is 43.9 Å². The van der Waals surface area contributed by atoms with E-state index in [9.17, 15) is 0 Å². The van der Waals surface area contributed by atoms with E-state index >= 15 is 0 Å². The van der Waals surface area contributed by atoms with Crippen molar-refractivity contribution in [3.05, 3.63) is 29.7 Å². The molecule has 0 aromatic carbocycles. The van der Waals surface area contributed by atoms with Gasteiger partial charge in [0.15, 0.2) is 0 Å². The van der Waals surface area contributed by atoms with E-state index in [1.165, 1.54) is 29.3 Å². The first-order valence-electron chi connectivity index (χ1n) is 8.45. The summed E-state index contributed by atoms with van der Waals surface area (Å²) in [6.07, 6.45) is 9.06. The van der Waals surface area contributed by atoms with Crippen LogP contribution in [0.25, 0.3) is 10.9 Å². The Morgan fingerprint density at radius 2 is 2.27 bits per heavy atom. The summed E-state index contributed by atoms with van der Waals surface area (Å²) in [7, 11) is 1.77. The van der Waals surface area contributed by atoms with E-state index in [0.717, 1.165) is 31.7 Å². The number of pyridine rings is 1. The molecule has 0 amide bonds. The third-order valence-electron chi connectivity index (χ3n) is 4.51. The molecule has 2 aromatic heterocycles. The number of hydrogen-bond donors (Lipinski definition) is 1. The number of nitrogens with zero attached hydrogens (tertiary/aromatic N) is 2. The molecule has 1 atom stereocenters. The summed E-state index contributed by atoms with van der Waals surface area (Å²) < 4.78 is 7.49. The second-order valence-electron chi connectivity index (χ2n) is 6.33. The molecule has 0 saturated heterocycles. The van der Waals surface area contributed by atoms with Crippen molar-refractivity contribution in [1.82, 2.24) is 14.9 Å². The Kier molecular flexibility index (Phi) is 4.79. The molecule has 22 heavy (non-hydrogen) atoms. The molecule has 1 aliphatic carbocycles. The summed E-state index contributed by atoms with van der Waals surface area (Å²) in [6, 6.07) is 3.31. The van der Waals surface area contributed by atoms with Crippen LogP contribution in [0.4, 0.5) is 0 Å². The van der Waals surface area contributed by atoms with Crippen LogP contribution >= 0.6 is 0 Å². The van der Waals surface area contributed by atoms with Crippen LogP contribution in [-0.4, -0.2) is 29.3 Å². The molecule has 2 aromatic rings. The number of aromatic nitrogens is 2. The maximum Gasteiger partial charge on any atom is 0.0669 e. The van der Waals surface area contributed by atoms with Crippen LogP contribution in [-0.2, 0) is 17.7 Å². The van der Waals surface area contributed by atoms with Crippen LogP contribution in [0, 0.1) is 0 Å². The maximum absolute atomic E-state index is 5.19. The van der Waals surface area contributed by atoms with Gasteiger partial charge in [0.25, 0.3) is 0 Å². The summed E-state index contributed by atoms with van der Waals surface area (Å²) in [5.41, 5.74) is 3.81. The highest BCUT2D eigenvalue weighted by Gasteiger charge is 2.24. The van der Waals surface area contributed by atoms with Gasteiger partial charge in [0.1, 0.15) is 0 Å². The van der Waals surface area contributed by atoms with Crippen LogP contribution in [0.1, 0.15) is 50.4 Å². The van der Waals surface area contributed by atoms with Crippen molar-refractivity contribution >= 4 is 10.9 Å². The van der Waals surface area contributed by atoms with E-state index in [0.29, 0.717) is 12.1 Å². The lowest BCUT2D eigenvalue weighted by molar-refractivity contribution is 0.195. The Bertz CT molecular complexity index is 631. The molecule has 0 spiro atoms. The average Bonchev–Trinajstić information content (AvgIpc) is 3.27. The zero-order valence-electron chi connectivity index (χ0n) is 13.9. The number of methoxy groups -OCH3 is 1. The molecule has 0 aliphatic heterocycles. The van der Waals surface area contributed by atoms with Crippen molar-refractivity contribution < 1.29 is 4.74 Å². The number of rotatable bonds is 8. The van der Waals surface area contributed by atoms with Crippen LogP contribution < -0.4 is 5.32 Å². The molecule has 1 saturated carbocycles. The van der Waals surface area contributed by atoms with Crippen LogP contribution in [0.3, 0.4) is 0 Å². The number of hydrogen-bond acceptors (Lipinski definition) is 3. The Morgan fingerprint density at radius 1 is 1.45 bits per heavy atom. The topological polar surface area (TPSA) is 39.1 Å². The van der Waals surface area contributed by atoms with Crippen LogP contribution in [0.2, 0.25) is 0 Å². The lowest BCUT2D eigenvalue weighted by Gasteiger charge is -2.13. The normalized spacial score (nSPS) is 16.3. The fourth-order valence-corrected chi connectivity index (χ4v) is 3.07. The third kappa shape index (κ3) is 3.33. The van der Waals surface area contributed by atoms with Gasteiger partial charge < -0.3 is 14.6 Å². The van der Waals surface area contributed by atoms with Crippen molar-refractivity contribution in [3.8, 4) is 0 Å². The van der Waals surface area contributed by atoms with Gasteiger partial charge in [0.05, 0.1) is 17.4 Å². The molecule has 1 aliphatic rings. The largest absolute Gasteiger partial charge is 0.385 e. The molecule has 0 radical (unpaired) electrons. The Balaban J connectivity index is 1.87.